The van der Waals surface area contributed by atoms with Gasteiger partial charge in [-0.25, -0.2) is 4.79 Å². The second-order valence-electron chi connectivity index (χ2n) is 6.96. The van der Waals surface area contributed by atoms with Crippen LogP contribution in [-0.4, -0.2) is 35.9 Å². The molecule has 0 amide bonds. The van der Waals surface area contributed by atoms with Crippen molar-refractivity contribution < 1.29 is 24.2 Å². The summed E-state index contributed by atoms with van der Waals surface area (Å²) in [6, 6.07) is 0. The van der Waals surface area contributed by atoms with Crippen molar-refractivity contribution in [1.29, 1.82) is 0 Å². The Labute approximate surface area is 122 Å². The van der Waals surface area contributed by atoms with Gasteiger partial charge < -0.3 is 14.6 Å². The van der Waals surface area contributed by atoms with Gasteiger partial charge in [0.25, 0.3) is 0 Å². The van der Waals surface area contributed by atoms with Gasteiger partial charge in [-0.3, -0.25) is 4.79 Å². The number of hydrogen-bond donors (Lipinski definition) is 1. The summed E-state index contributed by atoms with van der Waals surface area (Å²) in [6.45, 7) is 4.11. The molecule has 4 aliphatic rings. The average molecular weight is 290 g/mol. The molecular weight excluding hydrogens is 272 g/mol. The summed E-state index contributed by atoms with van der Waals surface area (Å²) in [4.78, 5) is 24.0. The predicted octanol–water partition coefficient (Wildman–Crippen LogP) is 1.12. The Bertz CT molecular complexity index is 618. The highest BCUT2D eigenvalue weighted by Crippen LogP contribution is 2.63. The number of carbonyl (C=O) groups is 2. The molecule has 1 saturated heterocycles. The Kier molecular flexibility index (Phi) is 2.35. The summed E-state index contributed by atoms with van der Waals surface area (Å²) in [5.41, 5.74) is 0.652. The first-order valence-electron chi connectivity index (χ1n) is 7.36. The number of aliphatic hydroxyl groups excluding tert-OH is 1. The molecule has 5 atom stereocenters. The first kappa shape index (κ1) is 13.1. The van der Waals surface area contributed by atoms with Crippen LogP contribution in [0.15, 0.2) is 23.3 Å². The molecule has 0 aromatic heterocycles. The summed E-state index contributed by atoms with van der Waals surface area (Å²) in [7, 11) is 0. The number of cyclic esters (lactones) is 1. The van der Waals surface area contributed by atoms with E-state index in [2.05, 4.69) is 6.92 Å². The standard InChI is InChI=1S/C16H18O5/c1-15-4-3-11(17)16(2)13(15)10(21-14(16)19)5-8-7-20-12(18)6-9(8)15/h5-6,10-11,13,17H,3-4,7H2,1-2H3/t10-,11+,13?,15-,16+/m1/s1. The largest absolute Gasteiger partial charge is 0.458 e. The first-order valence-corrected chi connectivity index (χ1v) is 7.36. The van der Waals surface area contributed by atoms with E-state index < -0.39 is 11.5 Å². The Morgan fingerprint density at radius 3 is 2.86 bits per heavy atom. The molecule has 0 spiro atoms. The fourth-order valence-corrected chi connectivity index (χ4v) is 4.83. The van der Waals surface area contributed by atoms with Gasteiger partial charge in [-0.05, 0) is 37.0 Å². The van der Waals surface area contributed by atoms with Crippen LogP contribution in [0.5, 0.6) is 0 Å². The Morgan fingerprint density at radius 2 is 2.10 bits per heavy atom. The van der Waals surface area contributed by atoms with Crippen LogP contribution in [0.1, 0.15) is 26.7 Å². The minimum Gasteiger partial charge on any atom is -0.458 e. The lowest BCUT2D eigenvalue weighted by Gasteiger charge is -2.53. The average Bonchev–Trinajstić information content (AvgIpc) is 2.70. The second kappa shape index (κ2) is 3.77. The van der Waals surface area contributed by atoms with Crippen LogP contribution in [0.25, 0.3) is 0 Å². The number of hydrogen-bond acceptors (Lipinski definition) is 5. The summed E-state index contributed by atoms with van der Waals surface area (Å²) in [5.74, 6) is -0.804. The van der Waals surface area contributed by atoms with Crippen LogP contribution < -0.4 is 0 Å². The summed E-state index contributed by atoms with van der Waals surface area (Å²) < 4.78 is 10.6. The molecule has 0 aromatic carbocycles. The van der Waals surface area contributed by atoms with Crippen LogP contribution in [0.2, 0.25) is 0 Å². The van der Waals surface area contributed by atoms with E-state index in [0.717, 1.165) is 17.6 Å². The third-order valence-electron chi connectivity index (χ3n) is 5.93. The van der Waals surface area contributed by atoms with Gasteiger partial charge in [-0.1, -0.05) is 6.92 Å². The van der Waals surface area contributed by atoms with Crippen LogP contribution in [0.4, 0.5) is 0 Å². The molecule has 4 rings (SSSR count). The van der Waals surface area contributed by atoms with E-state index in [0.29, 0.717) is 6.42 Å². The third kappa shape index (κ3) is 1.40. The molecule has 21 heavy (non-hydrogen) atoms. The highest BCUT2D eigenvalue weighted by atomic mass is 16.6. The van der Waals surface area contributed by atoms with E-state index in [9.17, 15) is 14.7 Å². The van der Waals surface area contributed by atoms with E-state index in [1.807, 2.05) is 6.08 Å². The molecule has 1 saturated carbocycles. The maximum absolute atomic E-state index is 12.4. The molecular formula is C16H18O5. The summed E-state index contributed by atoms with van der Waals surface area (Å²) in [5, 5.41) is 10.4. The molecule has 0 radical (unpaired) electrons. The molecule has 0 aromatic rings. The van der Waals surface area contributed by atoms with Crippen molar-refractivity contribution >= 4 is 11.9 Å². The van der Waals surface area contributed by atoms with Crippen molar-refractivity contribution in [3.8, 4) is 0 Å². The Morgan fingerprint density at radius 1 is 1.33 bits per heavy atom. The first-order chi connectivity index (χ1) is 9.87. The zero-order chi connectivity index (χ0) is 15.0. The quantitative estimate of drug-likeness (QED) is 0.677. The number of aliphatic hydroxyl groups is 1. The maximum atomic E-state index is 12.4. The normalized spacial score (nSPS) is 47.7. The van der Waals surface area contributed by atoms with Crippen molar-refractivity contribution in [2.45, 2.75) is 38.9 Å². The molecule has 2 heterocycles. The molecule has 2 aliphatic carbocycles. The van der Waals surface area contributed by atoms with E-state index in [1.165, 1.54) is 0 Å². The van der Waals surface area contributed by atoms with Crippen molar-refractivity contribution in [2.75, 3.05) is 6.61 Å². The van der Waals surface area contributed by atoms with Gasteiger partial charge in [0, 0.05) is 17.4 Å². The summed E-state index contributed by atoms with van der Waals surface area (Å²) in [6.07, 6.45) is 3.67. The fourth-order valence-electron chi connectivity index (χ4n) is 4.83. The van der Waals surface area contributed by atoms with E-state index >= 15 is 0 Å². The number of carbonyl (C=O) groups excluding carboxylic acids is 2. The van der Waals surface area contributed by atoms with Gasteiger partial charge in [0.1, 0.15) is 12.7 Å². The molecule has 2 aliphatic heterocycles. The predicted molar refractivity (Wildman–Crippen MR) is 71.9 cm³/mol. The second-order valence-corrected chi connectivity index (χ2v) is 6.96. The molecule has 112 valence electrons. The molecule has 5 nitrogen and oxygen atoms in total. The zero-order valence-corrected chi connectivity index (χ0v) is 12.1. The lowest BCUT2D eigenvalue weighted by atomic mass is 9.49. The number of fused-ring (bicyclic) bond motifs is 2. The topological polar surface area (TPSA) is 72.8 Å². The van der Waals surface area contributed by atoms with E-state index in [-0.39, 0.29) is 36.0 Å². The minimum atomic E-state index is -0.901. The number of ether oxygens (including phenoxy) is 2. The van der Waals surface area contributed by atoms with Crippen LogP contribution in [0.3, 0.4) is 0 Å². The maximum Gasteiger partial charge on any atom is 0.331 e. The van der Waals surface area contributed by atoms with Crippen molar-refractivity contribution in [2.24, 2.45) is 16.7 Å². The van der Waals surface area contributed by atoms with Crippen LogP contribution in [0, 0.1) is 16.7 Å². The van der Waals surface area contributed by atoms with Crippen molar-refractivity contribution in [3.63, 3.8) is 0 Å². The Balaban J connectivity index is 1.93. The van der Waals surface area contributed by atoms with Gasteiger partial charge in [0.15, 0.2) is 0 Å². The van der Waals surface area contributed by atoms with E-state index in [4.69, 9.17) is 9.47 Å². The van der Waals surface area contributed by atoms with Gasteiger partial charge in [-0.15, -0.1) is 0 Å². The highest BCUT2D eigenvalue weighted by Gasteiger charge is 2.68. The van der Waals surface area contributed by atoms with Gasteiger partial charge >= 0.3 is 11.9 Å². The highest BCUT2D eigenvalue weighted by molar-refractivity contribution is 5.87. The van der Waals surface area contributed by atoms with Crippen LogP contribution in [-0.2, 0) is 19.1 Å². The number of rotatable bonds is 0. The van der Waals surface area contributed by atoms with Crippen molar-refractivity contribution in [1.82, 2.24) is 0 Å². The molecule has 5 heteroatoms. The van der Waals surface area contributed by atoms with Gasteiger partial charge in [-0.2, -0.15) is 0 Å². The monoisotopic (exact) mass is 290 g/mol. The van der Waals surface area contributed by atoms with E-state index in [1.54, 1.807) is 13.0 Å². The fraction of sp³-hybridized carbons (Fsp3) is 0.625. The Hall–Kier alpha value is -1.62. The lowest BCUT2D eigenvalue weighted by molar-refractivity contribution is -0.155. The lowest BCUT2D eigenvalue weighted by Crippen LogP contribution is -2.56. The molecule has 0 bridgehead atoms. The zero-order valence-electron chi connectivity index (χ0n) is 12.1. The van der Waals surface area contributed by atoms with Gasteiger partial charge in [0.2, 0.25) is 0 Å². The molecule has 2 fully saturated rings. The van der Waals surface area contributed by atoms with Crippen LogP contribution >= 0.6 is 0 Å². The third-order valence-corrected chi connectivity index (χ3v) is 5.93. The van der Waals surface area contributed by atoms with Crippen molar-refractivity contribution in [3.05, 3.63) is 23.3 Å². The summed E-state index contributed by atoms with van der Waals surface area (Å²) >= 11 is 0. The van der Waals surface area contributed by atoms with Gasteiger partial charge in [0.05, 0.1) is 11.5 Å². The molecule has 1 unspecified atom stereocenters. The number of esters is 2. The minimum absolute atomic E-state index is 0.137. The molecule has 1 N–H and O–H groups in total. The SMILES string of the molecule is C[C@@]12CC[C@H](O)[C@]3(C)C(=O)O[C@H](C=C4COC(=O)C=C41)C23. The smallest absolute Gasteiger partial charge is 0.331 e.